The average molecular weight is 378 g/mol. The van der Waals surface area contributed by atoms with Crippen molar-refractivity contribution >= 4 is 11.6 Å². The minimum absolute atomic E-state index is 0.0274. The van der Waals surface area contributed by atoms with Gasteiger partial charge in [0.1, 0.15) is 5.75 Å². The number of amides is 1. The maximum absolute atomic E-state index is 12.0. The summed E-state index contributed by atoms with van der Waals surface area (Å²) in [5.74, 6) is 0.443. The number of carbonyl (C=O) groups is 1. The molecule has 0 spiro atoms. The molecule has 0 bridgehead atoms. The molecule has 1 aliphatic rings. The van der Waals surface area contributed by atoms with Gasteiger partial charge in [0.25, 0.3) is 5.91 Å². The third kappa shape index (κ3) is 5.48. The third-order valence-corrected chi connectivity index (χ3v) is 5.01. The first kappa shape index (κ1) is 19.7. The molecule has 1 N–H and O–H groups in total. The van der Waals surface area contributed by atoms with Gasteiger partial charge in [-0.1, -0.05) is 18.2 Å². The zero-order chi connectivity index (χ0) is 19.8. The molecule has 1 heterocycles. The summed E-state index contributed by atoms with van der Waals surface area (Å²) >= 11 is 0. The van der Waals surface area contributed by atoms with Crippen LogP contribution in [0.5, 0.6) is 5.75 Å². The molecule has 146 valence electrons. The van der Waals surface area contributed by atoms with Gasteiger partial charge in [-0.2, -0.15) is 5.26 Å². The van der Waals surface area contributed by atoms with E-state index in [1.54, 1.807) is 24.3 Å². The van der Waals surface area contributed by atoms with Crippen LogP contribution in [-0.4, -0.2) is 56.2 Å². The molecule has 3 rings (SSSR count). The van der Waals surface area contributed by atoms with Gasteiger partial charge in [0.05, 0.1) is 11.6 Å². The second-order valence-corrected chi connectivity index (χ2v) is 6.94. The Morgan fingerprint density at radius 2 is 1.79 bits per heavy atom. The number of hydrogen-bond acceptors (Lipinski definition) is 5. The number of nitrogens with zero attached hydrogens (tertiary/aromatic N) is 3. The molecule has 0 saturated carbocycles. The summed E-state index contributed by atoms with van der Waals surface area (Å²) in [6.45, 7) is 6.65. The highest BCUT2D eigenvalue weighted by Gasteiger charge is 2.21. The van der Waals surface area contributed by atoms with Crippen molar-refractivity contribution in [1.82, 2.24) is 10.2 Å². The van der Waals surface area contributed by atoms with E-state index in [-0.39, 0.29) is 18.6 Å². The van der Waals surface area contributed by atoms with E-state index >= 15 is 0 Å². The summed E-state index contributed by atoms with van der Waals surface area (Å²) in [4.78, 5) is 16.8. The summed E-state index contributed by atoms with van der Waals surface area (Å²) in [6.07, 6.45) is 0. The molecular weight excluding hydrogens is 352 g/mol. The Bertz CT molecular complexity index is 794. The smallest absolute Gasteiger partial charge is 0.257 e. The molecule has 1 unspecified atom stereocenters. The molecule has 1 fully saturated rings. The van der Waals surface area contributed by atoms with Gasteiger partial charge in [0.15, 0.2) is 6.61 Å². The van der Waals surface area contributed by atoms with Crippen molar-refractivity contribution in [2.24, 2.45) is 0 Å². The Labute approximate surface area is 166 Å². The van der Waals surface area contributed by atoms with Crippen molar-refractivity contribution in [3.63, 3.8) is 0 Å². The molecule has 0 radical (unpaired) electrons. The molecule has 0 aromatic heterocycles. The van der Waals surface area contributed by atoms with Crippen molar-refractivity contribution in [2.45, 2.75) is 13.0 Å². The molecule has 0 aliphatic carbocycles. The van der Waals surface area contributed by atoms with Crippen molar-refractivity contribution in [1.29, 1.82) is 5.26 Å². The minimum Gasteiger partial charge on any atom is -0.484 e. The van der Waals surface area contributed by atoms with Crippen LogP contribution in [0, 0.1) is 11.3 Å². The second kappa shape index (κ2) is 9.77. The maximum atomic E-state index is 12.0. The number of anilines is 1. The average Bonchev–Trinajstić information content (AvgIpc) is 2.77. The number of nitriles is 1. The third-order valence-electron chi connectivity index (χ3n) is 5.01. The number of ether oxygens (including phenoxy) is 1. The van der Waals surface area contributed by atoms with Gasteiger partial charge < -0.3 is 15.0 Å². The summed E-state index contributed by atoms with van der Waals surface area (Å²) in [5.41, 5.74) is 1.83. The van der Waals surface area contributed by atoms with Gasteiger partial charge in [0, 0.05) is 44.5 Å². The van der Waals surface area contributed by atoms with Crippen LogP contribution in [0.4, 0.5) is 5.69 Å². The highest BCUT2D eigenvalue weighted by molar-refractivity contribution is 5.77. The Morgan fingerprint density at radius 3 is 2.43 bits per heavy atom. The van der Waals surface area contributed by atoms with Gasteiger partial charge in [-0.05, 0) is 43.3 Å². The van der Waals surface area contributed by atoms with Crippen LogP contribution in [0.25, 0.3) is 0 Å². The van der Waals surface area contributed by atoms with Crippen LogP contribution < -0.4 is 15.0 Å². The van der Waals surface area contributed by atoms with Crippen LogP contribution in [0.3, 0.4) is 0 Å². The fourth-order valence-corrected chi connectivity index (χ4v) is 3.28. The van der Waals surface area contributed by atoms with E-state index in [4.69, 9.17) is 10.00 Å². The fourth-order valence-electron chi connectivity index (χ4n) is 3.28. The lowest BCUT2D eigenvalue weighted by molar-refractivity contribution is -0.123. The molecule has 1 amide bonds. The summed E-state index contributed by atoms with van der Waals surface area (Å²) in [6, 6.07) is 19.5. The number of para-hydroxylation sites is 1. The van der Waals surface area contributed by atoms with E-state index in [0.29, 0.717) is 17.9 Å². The number of carbonyl (C=O) groups excluding carboxylic acids is 1. The lowest BCUT2D eigenvalue weighted by Gasteiger charge is -2.39. The molecule has 28 heavy (non-hydrogen) atoms. The Hall–Kier alpha value is -3.04. The van der Waals surface area contributed by atoms with E-state index in [9.17, 15) is 4.79 Å². The predicted octanol–water partition coefficient (Wildman–Crippen LogP) is 2.26. The van der Waals surface area contributed by atoms with E-state index in [1.807, 2.05) is 6.07 Å². The number of hydrogen-bond donors (Lipinski definition) is 1. The normalized spacial score (nSPS) is 15.5. The first-order valence-corrected chi connectivity index (χ1v) is 9.59. The van der Waals surface area contributed by atoms with Crippen LogP contribution in [-0.2, 0) is 4.79 Å². The molecule has 1 saturated heterocycles. The number of rotatable bonds is 7. The predicted molar refractivity (Wildman–Crippen MR) is 109 cm³/mol. The van der Waals surface area contributed by atoms with Crippen molar-refractivity contribution in [3.05, 3.63) is 60.2 Å². The monoisotopic (exact) mass is 378 g/mol. The zero-order valence-corrected chi connectivity index (χ0v) is 16.2. The Balaban J connectivity index is 1.36. The van der Waals surface area contributed by atoms with E-state index < -0.39 is 0 Å². The van der Waals surface area contributed by atoms with E-state index in [1.165, 1.54) is 5.69 Å². The zero-order valence-electron chi connectivity index (χ0n) is 16.2. The van der Waals surface area contributed by atoms with Crippen molar-refractivity contribution < 1.29 is 9.53 Å². The lowest BCUT2D eigenvalue weighted by Crippen LogP contribution is -2.52. The molecule has 6 heteroatoms. The van der Waals surface area contributed by atoms with Crippen LogP contribution in [0.15, 0.2) is 54.6 Å². The highest BCUT2D eigenvalue weighted by atomic mass is 16.5. The van der Waals surface area contributed by atoms with Crippen molar-refractivity contribution in [2.75, 3.05) is 44.2 Å². The molecular formula is C22H26N4O2. The van der Waals surface area contributed by atoms with Gasteiger partial charge in [-0.3, -0.25) is 9.69 Å². The van der Waals surface area contributed by atoms with Crippen LogP contribution >= 0.6 is 0 Å². The van der Waals surface area contributed by atoms with E-state index in [0.717, 1.165) is 26.2 Å². The van der Waals surface area contributed by atoms with Gasteiger partial charge in [0.2, 0.25) is 0 Å². The largest absolute Gasteiger partial charge is 0.484 e. The summed E-state index contributed by atoms with van der Waals surface area (Å²) in [7, 11) is 0. The minimum atomic E-state index is -0.140. The maximum Gasteiger partial charge on any atom is 0.257 e. The second-order valence-electron chi connectivity index (χ2n) is 6.94. The Kier molecular flexibility index (Phi) is 6.88. The first-order valence-electron chi connectivity index (χ1n) is 9.59. The highest BCUT2D eigenvalue weighted by Crippen LogP contribution is 2.16. The van der Waals surface area contributed by atoms with Gasteiger partial charge in [-0.25, -0.2) is 0 Å². The van der Waals surface area contributed by atoms with Crippen LogP contribution in [0.2, 0.25) is 0 Å². The molecule has 2 aromatic carbocycles. The number of nitrogens with one attached hydrogen (secondary N) is 1. The number of benzene rings is 2. The molecule has 1 atom stereocenters. The standard InChI is InChI=1S/C22H26N4O2/c1-18(25-11-13-26(14-12-25)20-5-3-2-4-6-20)16-24-22(27)17-28-21-9-7-19(15-23)8-10-21/h2-10,18H,11-14,16-17H2,1H3,(H,24,27). The topological polar surface area (TPSA) is 68.6 Å². The Morgan fingerprint density at radius 1 is 1.11 bits per heavy atom. The first-order chi connectivity index (χ1) is 13.7. The molecule has 1 aliphatic heterocycles. The summed E-state index contributed by atoms with van der Waals surface area (Å²) < 4.78 is 5.47. The van der Waals surface area contributed by atoms with Gasteiger partial charge in [-0.15, -0.1) is 0 Å². The fraction of sp³-hybridized carbons (Fsp3) is 0.364. The SMILES string of the molecule is CC(CNC(=O)COc1ccc(C#N)cc1)N1CCN(c2ccccc2)CC1. The van der Waals surface area contributed by atoms with Crippen molar-refractivity contribution in [3.8, 4) is 11.8 Å². The van der Waals surface area contributed by atoms with Crippen LogP contribution in [0.1, 0.15) is 12.5 Å². The van der Waals surface area contributed by atoms with E-state index in [2.05, 4.69) is 52.4 Å². The number of piperazine rings is 1. The lowest BCUT2D eigenvalue weighted by atomic mass is 10.2. The molecule has 6 nitrogen and oxygen atoms in total. The van der Waals surface area contributed by atoms with Gasteiger partial charge >= 0.3 is 0 Å². The summed E-state index contributed by atoms with van der Waals surface area (Å²) in [5, 5.41) is 11.7. The quantitative estimate of drug-likeness (QED) is 0.800. The molecule has 2 aromatic rings.